The molecule has 1 aromatic rings. The third-order valence-electron chi connectivity index (χ3n) is 4.01. The first-order valence-corrected chi connectivity index (χ1v) is 9.76. The summed E-state index contributed by atoms with van der Waals surface area (Å²) < 4.78 is 38.6. The van der Waals surface area contributed by atoms with E-state index in [1.165, 1.54) is 22.7 Å². The topological polar surface area (TPSA) is 78.8 Å². The fourth-order valence-corrected chi connectivity index (χ4v) is 3.92. The van der Waals surface area contributed by atoms with Crippen LogP contribution in [0.4, 0.5) is 4.39 Å². The molecule has 0 saturated heterocycles. The summed E-state index contributed by atoms with van der Waals surface area (Å²) in [4.78, 5) is 12.0. The van der Waals surface area contributed by atoms with Crippen molar-refractivity contribution in [2.45, 2.75) is 38.1 Å². The number of nitrogens with one attached hydrogen (secondary N) is 1. The molecule has 1 saturated carbocycles. The Morgan fingerprint density at radius 2 is 2.00 bits per heavy atom. The van der Waals surface area contributed by atoms with Gasteiger partial charge in [0.1, 0.15) is 5.82 Å². The van der Waals surface area contributed by atoms with Gasteiger partial charge in [-0.25, -0.2) is 18.2 Å². The lowest BCUT2D eigenvalue weighted by Crippen LogP contribution is -2.45. The standard InChI is InChI=1S/C16H22FN3O3S/c1-24(22,23)20(14-8-3-2-4-9-14)12-16(21)19-18-11-13-7-5-6-10-15(13)17/h5-7,10-11,14H,2-4,8-9,12H2,1H3,(H,19,21). The summed E-state index contributed by atoms with van der Waals surface area (Å²) in [5, 5.41) is 3.70. The average Bonchev–Trinajstić information content (AvgIpc) is 2.54. The lowest BCUT2D eigenvalue weighted by atomic mass is 9.95. The molecule has 1 aliphatic carbocycles. The molecular weight excluding hydrogens is 333 g/mol. The molecule has 2 rings (SSSR count). The number of benzene rings is 1. The molecule has 1 aliphatic rings. The van der Waals surface area contributed by atoms with Gasteiger partial charge in [-0.05, 0) is 18.9 Å². The quantitative estimate of drug-likeness (QED) is 0.625. The molecule has 0 aliphatic heterocycles. The molecule has 24 heavy (non-hydrogen) atoms. The van der Waals surface area contributed by atoms with Crippen molar-refractivity contribution >= 4 is 22.1 Å². The van der Waals surface area contributed by atoms with Gasteiger partial charge in [0.15, 0.2) is 0 Å². The SMILES string of the molecule is CS(=O)(=O)N(CC(=O)NN=Cc1ccccc1F)C1CCCCC1. The third kappa shape index (κ3) is 5.38. The summed E-state index contributed by atoms with van der Waals surface area (Å²) in [5.74, 6) is -0.992. The summed E-state index contributed by atoms with van der Waals surface area (Å²) in [6.07, 6.45) is 6.84. The molecule has 8 heteroatoms. The number of rotatable bonds is 6. The Labute approximate surface area is 141 Å². The smallest absolute Gasteiger partial charge is 0.255 e. The molecule has 132 valence electrons. The molecule has 0 spiro atoms. The Kier molecular flexibility index (Phi) is 6.44. The zero-order valence-corrected chi connectivity index (χ0v) is 14.4. The lowest BCUT2D eigenvalue weighted by Gasteiger charge is -2.31. The highest BCUT2D eigenvalue weighted by atomic mass is 32.2. The Hall–Kier alpha value is -1.80. The summed E-state index contributed by atoms with van der Waals surface area (Å²) in [6.45, 7) is -0.280. The van der Waals surface area contributed by atoms with Crippen LogP contribution in [0.15, 0.2) is 29.4 Å². The molecule has 1 fully saturated rings. The van der Waals surface area contributed by atoms with Crippen molar-refractivity contribution in [2.24, 2.45) is 5.10 Å². The maximum Gasteiger partial charge on any atom is 0.255 e. The number of amides is 1. The first-order valence-electron chi connectivity index (χ1n) is 7.91. The van der Waals surface area contributed by atoms with Crippen LogP contribution < -0.4 is 5.43 Å². The number of carbonyl (C=O) groups excluding carboxylic acids is 1. The number of hydrazone groups is 1. The van der Waals surface area contributed by atoms with Crippen LogP contribution in [0, 0.1) is 5.82 Å². The zero-order valence-electron chi connectivity index (χ0n) is 13.6. The van der Waals surface area contributed by atoms with Gasteiger partial charge in [0.25, 0.3) is 5.91 Å². The fraction of sp³-hybridized carbons (Fsp3) is 0.500. The van der Waals surface area contributed by atoms with E-state index in [0.29, 0.717) is 0 Å². The van der Waals surface area contributed by atoms with Crippen molar-refractivity contribution in [3.05, 3.63) is 35.6 Å². The summed E-state index contributed by atoms with van der Waals surface area (Å²) in [6, 6.07) is 5.88. The predicted octanol–water partition coefficient (Wildman–Crippen LogP) is 1.87. The number of hydrogen-bond acceptors (Lipinski definition) is 4. The molecule has 1 N–H and O–H groups in total. The highest BCUT2D eigenvalue weighted by Crippen LogP contribution is 2.24. The van der Waals surface area contributed by atoms with E-state index in [4.69, 9.17) is 0 Å². The fourth-order valence-electron chi connectivity index (χ4n) is 2.82. The maximum absolute atomic E-state index is 13.4. The van der Waals surface area contributed by atoms with Crippen LogP contribution in [0.25, 0.3) is 0 Å². The minimum Gasteiger partial charge on any atom is -0.272 e. The van der Waals surface area contributed by atoms with E-state index in [1.807, 2.05) is 0 Å². The van der Waals surface area contributed by atoms with Gasteiger partial charge >= 0.3 is 0 Å². The van der Waals surface area contributed by atoms with Crippen molar-refractivity contribution in [3.8, 4) is 0 Å². The predicted molar refractivity (Wildman–Crippen MR) is 90.6 cm³/mol. The molecule has 6 nitrogen and oxygen atoms in total. The highest BCUT2D eigenvalue weighted by molar-refractivity contribution is 7.88. The Morgan fingerprint density at radius 3 is 2.62 bits per heavy atom. The van der Waals surface area contributed by atoms with E-state index in [9.17, 15) is 17.6 Å². The second-order valence-corrected chi connectivity index (χ2v) is 7.85. The number of sulfonamides is 1. The highest BCUT2D eigenvalue weighted by Gasteiger charge is 2.29. The molecule has 1 amide bonds. The van der Waals surface area contributed by atoms with E-state index < -0.39 is 21.7 Å². The summed E-state index contributed by atoms with van der Waals surface area (Å²) in [7, 11) is -3.48. The molecule has 0 radical (unpaired) electrons. The van der Waals surface area contributed by atoms with Crippen molar-refractivity contribution in [1.82, 2.24) is 9.73 Å². The monoisotopic (exact) mass is 355 g/mol. The second-order valence-electron chi connectivity index (χ2n) is 5.91. The average molecular weight is 355 g/mol. The number of nitrogens with zero attached hydrogens (tertiary/aromatic N) is 2. The Bertz CT molecular complexity index is 700. The van der Waals surface area contributed by atoms with E-state index in [0.717, 1.165) is 38.4 Å². The molecule has 1 aromatic carbocycles. The minimum absolute atomic E-state index is 0.143. The number of halogens is 1. The number of carbonyl (C=O) groups is 1. The van der Waals surface area contributed by atoms with Crippen LogP contribution in [0.1, 0.15) is 37.7 Å². The van der Waals surface area contributed by atoms with Crippen LogP contribution in [-0.2, 0) is 14.8 Å². The Morgan fingerprint density at radius 1 is 1.33 bits per heavy atom. The summed E-state index contributed by atoms with van der Waals surface area (Å²) >= 11 is 0. The minimum atomic E-state index is -3.48. The van der Waals surface area contributed by atoms with Gasteiger partial charge in [0.2, 0.25) is 10.0 Å². The van der Waals surface area contributed by atoms with Gasteiger partial charge in [-0.2, -0.15) is 9.41 Å². The van der Waals surface area contributed by atoms with Gasteiger partial charge in [-0.3, -0.25) is 4.79 Å². The van der Waals surface area contributed by atoms with Crippen LogP contribution in [0.2, 0.25) is 0 Å². The van der Waals surface area contributed by atoms with Crippen molar-refractivity contribution in [2.75, 3.05) is 12.8 Å². The maximum atomic E-state index is 13.4. The van der Waals surface area contributed by atoms with Crippen molar-refractivity contribution in [3.63, 3.8) is 0 Å². The van der Waals surface area contributed by atoms with Crippen molar-refractivity contribution in [1.29, 1.82) is 0 Å². The van der Waals surface area contributed by atoms with E-state index in [1.54, 1.807) is 12.1 Å². The van der Waals surface area contributed by atoms with Crippen LogP contribution in [-0.4, -0.2) is 43.7 Å². The van der Waals surface area contributed by atoms with Gasteiger partial charge in [-0.1, -0.05) is 37.5 Å². The van der Waals surface area contributed by atoms with Gasteiger partial charge in [0, 0.05) is 11.6 Å². The zero-order chi connectivity index (χ0) is 17.6. The van der Waals surface area contributed by atoms with Crippen LogP contribution >= 0.6 is 0 Å². The van der Waals surface area contributed by atoms with Crippen LogP contribution in [0.5, 0.6) is 0 Å². The number of hydrogen-bond donors (Lipinski definition) is 1. The molecular formula is C16H22FN3O3S. The summed E-state index contributed by atoms with van der Waals surface area (Å²) in [5.41, 5.74) is 2.50. The van der Waals surface area contributed by atoms with E-state index in [-0.39, 0.29) is 18.2 Å². The third-order valence-corrected chi connectivity index (χ3v) is 5.28. The van der Waals surface area contributed by atoms with Gasteiger partial charge in [-0.15, -0.1) is 0 Å². The van der Waals surface area contributed by atoms with E-state index >= 15 is 0 Å². The lowest BCUT2D eigenvalue weighted by molar-refractivity contribution is -0.121. The van der Waals surface area contributed by atoms with Crippen molar-refractivity contribution < 1.29 is 17.6 Å². The van der Waals surface area contributed by atoms with Gasteiger partial charge < -0.3 is 0 Å². The van der Waals surface area contributed by atoms with E-state index in [2.05, 4.69) is 10.5 Å². The first kappa shape index (κ1) is 18.5. The Balaban J connectivity index is 1.96. The molecule has 0 atom stereocenters. The second kappa shape index (κ2) is 8.34. The molecule has 0 aromatic heterocycles. The van der Waals surface area contributed by atoms with Crippen LogP contribution in [0.3, 0.4) is 0 Å². The molecule has 0 unspecified atom stereocenters. The molecule has 0 bridgehead atoms. The first-order chi connectivity index (χ1) is 11.4. The largest absolute Gasteiger partial charge is 0.272 e. The van der Waals surface area contributed by atoms with Gasteiger partial charge in [0.05, 0.1) is 19.0 Å². The molecule has 0 heterocycles. The normalized spacial score (nSPS) is 16.6.